The predicted octanol–water partition coefficient (Wildman–Crippen LogP) is 2.55. The van der Waals surface area contributed by atoms with E-state index in [0.29, 0.717) is 5.69 Å². The van der Waals surface area contributed by atoms with E-state index in [1.54, 1.807) is 0 Å². The summed E-state index contributed by atoms with van der Waals surface area (Å²) in [5, 5.41) is 11.0. The molecular weight excluding hydrogens is 272 g/mol. The van der Waals surface area contributed by atoms with Gasteiger partial charge < -0.3 is 4.74 Å². The van der Waals surface area contributed by atoms with E-state index >= 15 is 0 Å². The van der Waals surface area contributed by atoms with Gasteiger partial charge in [0, 0.05) is 11.3 Å². The zero-order chi connectivity index (χ0) is 15.1. The third-order valence-electron chi connectivity index (χ3n) is 2.71. The van der Waals surface area contributed by atoms with Crippen LogP contribution in [0.3, 0.4) is 0 Å². The lowest BCUT2D eigenvalue weighted by Gasteiger charge is -2.07. The lowest BCUT2D eigenvalue weighted by molar-refractivity contribution is 0.0706. The summed E-state index contributed by atoms with van der Waals surface area (Å²) < 4.78 is 5.06. The SMILES string of the molecule is O=C(Nc1ccc(C(=O)NO)cc1)OCc1ccccc1. The maximum absolute atomic E-state index is 11.6. The first-order valence-corrected chi connectivity index (χ1v) is 6.21. The van der Waals surface area contributed by atoms with Gasteiger partial charge in [-0.25, -0.2) is 10.3 Å². The number of ether oxygens (including phenoxy) is 1. The van der Waals surface area contributed by atoms with Gasteiger partial charge in [-0.1, -0.05) is 30.3 Å². The van der Waals surface area contributed by atoms with Gasteiger partial charge in [0.15, 0.2) is 0 Å². The third-order valence-corrected chi connectivity index (χ3v) is 2.71. The Hall–Kier alpha value is -2.86. The highest BCUT2D eigenvalue weighted by molar-refractivity contribution is 5.94. The van der Waals surface area contributed by atoms with Crippen LogP contribution in [0.1, 0.15) is 15.9 Å². The average Bonchev–Trinajstić information content (AvgIpc) is 2.54. The molecule has 0 saturated carbocycles. The number of hydroxylamine groups is 1. The van der Waals surface area contributed by atoms with Crippen molar-refractivity contribution in [1.82, 2.24) is 5.48 Å². The van der Waals surface area contributed by atoms with Gasteiger partial charge in [-0.3, -0.25) is 15.3 Å². The van der Waals surface area contributed by atoms with Crippen LogP contribution in [0.5, 0.6) is 0 Å². The lowest BCUT2D eigenvalue weighted by atomic mass is 10.2. The van der Waals surface area contributed by atoms with Crippen molar-refractivity contribution in [2.45, 2.75) is 6.61 Å². The molecule has 6 heteroatoms. The summed E-state index contributed by atoms with van der Waals surface area (Å²) in [5.74, 6) is -0.617. The molecule has 0 fully saturated rings. The van der Waals surface area contributed by atoms with Gasteiger partial charge in [-0.2, -0.15) is 0 Å². The monoisotopic (exact) mass is 286 g/mol. The summed E-state index contributed by atoms with van der Waals surface area (Å²) >= 11 is 0. The molecule has 2 amide bonds. The van der Waals surface area contributed by atoms with E-state index in [9.17, 15) is 9.59 Å². The zero-order valence-electron chi connectivity index (χ0n) is 11.1. The van der Waals surface area contributed by atoms with Gasteiger partial charge in [0.1, 0.15) is 6.61 Å². The topological polar surface area (TPSA) is 87.7 Å². The summed E-state index contributed by atoms with van der Waals surface area (Å²) in [6.45, 7) is 0.178. The Morgan fingerprint density at radius 2 is 1.67 bits per heavy atom. The van der Waals surface area contributed by atoms with Gasteiger partial charge in [0.2, 0.25) is 0 Å². The Kier molecular flexibility index (Phi) is 4.89. The van der Waals surface area contributed by atoms with E-state index in [4.69, 9.17) is 9.94 Å². The molecule has 108 valence electrons. The number of hydrogen-bond donors (Lipinski definition) is 3. The fourth-order valence-electron chi connectivity index (χ4n) is 1.65. The molecule has 0 unspecified atom stereocenters. The highest BCUT2D eigenvalue weighted by atomic mass is 16.5. The minimum Gasteiger partial charge on any atom is -0.444 e. The number of carbonyl (C=O) groups is 2. The minimum atomic E-state index is -0.617. The molecule has 6 nitrogen and oxygen atoms in total. The maximum atomic E-state index is 11.6. The number of anilines is 1. The first-order chi connectivity index (χ1) is 10.2. The van der Waals surface area contributed by atoms with E-state index in [2.05, 4.69) is 5.32 Å². The number of benzene rings is 2. The van der Waals surface area contributed by atoms with Crippen molar-refractivity contribution in [1.29, 1.82) is 0 Å². The fraction of sp³-hybridized carbons (Fsp3) is 0.0667. The van der Waals surface area contributed by atoms with Crippen LogP contribution in [0, 0.1) is 0 Å². The van der Waals surface area contributed by atoms with Gasteiger partial charge in [-0.05, 0) is 29.8 Å². The van der Waals surface area contributed by atoms with Crippen LogP contribution in [-0.2, 0) is 11.3 Å². The first-order valence-electron chi connectivity index (χ1n) is 6.21. The average molecular weight is 286 g/mol. The van der Waals surface area contributed by atoms with Crippen molar-refractivity contribution in [2.24, 2.45) is 0 Å². The lowest BCUT2D eigenvalue weighted by Crippen LogP contribution is -2.18. The molecule has 2 rings (SSSR count). The summed E-state index contributed by atoms with van der Waals surface area (Å²) in [6.07, 6.45) is -0.585. The van der Waals surface area contributed by atoms with Gasteiger partial charge >= 0.3 is 6.09 Å². The molecule has 21 heavy (non-hydrogen) atoms. The number of amides is 2. The third kappa shape index (κ3) is 4.32. The molecule has 0 aliphatic rings. The quantitative estimate of drug-likeness (QED) is 0.595. The Morgan fingerprint density at radius 3 is 2.29 bits per heavy atom. The van der Waals surface area contributed by atoms with Crippen LogP contribution < -0.4 is 10.8 Å². The summed E-state index contributed by atoms with van der Waals surface area (Å²) in [5.41, 5.74) is 3.19. The number of nitrogens with one attached hydrogen (secondary N) is 2. The Bertz CT molecular complexity index is 611. The second-order valence-corrected chi connectivity index (χ2v) is 4.21. The van der Waals surface area contributed by atoms with Crippen LogP contribution in [0.25, 0.3) is 0 Å². The molecule has 0 aliphatic heterocycles. The maximum Gasteiger partial charge on any atom is 0.411 e. The highest BCUT2D eigenvalue weighted by Crippen LogP contribution is 2.10. The molecule has 0 radical (unpaired) electrons. The molecular formula is C15H14N2O4. The van der Waals surface area contributed by atoms with Crippen LogP contribution >= 0.6 is 0 Å². The minimum absolute atomic E-state index is 0.178. The second-order valence-electron chi connectivity index (χ2n) is 4.21. The van der Waals surface area contributed by atoms with Gasteiger partial charge in [0.05, 0.1) is 0 Å². The molecule has 0 heterocycles. The summed E-state index contributed by atoms with van der Waals surface area (Å²) in [4.78, 5) is 22.7. The van der Waals surface area contributed by atoms with Crippen molar-refractivity contribution in [2.75, 3.05) is 5.32 Å². The van der Waals surface area contributed by atoms with E-state index < -0.39 is 12.0 Å². The van der Waals surface area contributed by atoms with E-state index in [-0.39, 0.29) is 12.2 Å². The van der Waals surface area contributed by atoms with Gasteiger partial charge in [0.25, 0.3) is 5.91 Å². The predicted molar refractivity (Wildman–Crippen MR) is 75.9 cm³/mol. The smallest absolute Gasteiger partial charge is 0.411 e. The van der Waals surface area contributed by atoms with Crippen molar-refractivity contribution >= 4 is 17.7 Å². The first kappa shape index (κ1) is 14.5. The standard InChI is InChI=1S/C15H14N2O4/c18-14(17-20)12-6-8-13(9-7-12)16-15(19)21-10-11-4-2-1-3-5-11/h1-9,20H,10H2,(H,16,19)(H,17,18). The van der Waals surface area contributed by atoms with E-state index in [1.165, 1.54) is 29.7 Å². The summed E-state index contributed by atoms with van der Waals surface area (Å²) in [6, 6.07) is 15.3. The summed E-state index contributed by atoms with van der Waals surface area (Å²) in [7, 11) is 0. The Labute approximate surface area is 121 Å². The van der Waals surface area contributed by atoms with Crippen molar-refractivity contribution < 1.29 is 19.5 Å². The molecule has 2 aromatic carbocycles. The van der Waals surface area contributed by atoms with Crippen molar-refractivity contribution in [3.05, 3.63) is 65.7 Å². The van der Waals surface area contributed by atoms with E-state index in [1.807, 2.05) is 30.3 Å². The largest absolute Gasteiger partial charge is 0.444 e. The Morgan fingerprint density at radius 1 is 1.00 bits per heavy atom. The van der Waals surface area contributed by atoms with Crippen molar-refractivity contribution in [3.8, 4) is 0 Å². The van der Waals surface area contributed by atoms with Crippen LogP contribution in [0.15, 0.2) is 54.6 Å². The zero-order valence-corrected chi connectivity index (χ0v) is 11.1. The van der Waals surface area contributed by atoms with Crippen LogP contribution in [-0.4, -0.2) is 17.2 Å². The molecule has 0 saturated heterocycles. The molecule has 2 aromatic rings. The normalized spacial score (nSPS) is 9.76. The molecule has 0 aromatic heterocycles. The van der Waals surface area contributed by atoms with E-state index in [0.717, 1.165) is 5.56 Å². The number of rotatable bonds is 4. The van der Waals surface area contributed by atoms with Crippen LogP contribution in [0.4, 0.5) is 10.5 Å². The second kappa shape index (κ2) is 7.06. The molecule has 0 atom stereocenters. The molecule has 0 spiro atoms. The van der Waals surface area contributed by atoms with Crippen molar-refractivity contribution in [3.63, 3.8) is 0 Å². The molecule has 3 N–H and O–H groups in total. The molecule has 0 aliphatic carbocycles. The number of carbonyl (C=O) groups excluding carboxylic acids is 2. The Balaban J connectivity index is 1.86. The van der Waals surface area contributed by atoms with Crippen LogP contribution in [0.2, 0.25) is 0 Å². The molecule has 0 bridgehead atoms. The number of hydrogen-bond acceptors (Lipinski definition) is 4. The highest BCUT2D eigenvalue weighted by Gasteiger charge is 2.06. The fourth-order valence-corrected chi connectivity index (χ4v) is 1.65. The van der Waals surface area contributed by atoms with Gasteiger partial charge in [-0.15, -0.1) is 0 Å².